The number of aryl methyl sites for hydroxylation is 1. The Bertz CT molecular complexity index is 613. The van der Waals surface area contributed by atoms with Crippen molar-refractivity contribution >= 4 is 22.3 Å². The average molecular weight is 260 g/mol. The molecule has 6 nitrogen and oxygen atoms in total. The Morgan fingerprint density at radius 3 is 2.95 bits per heavy atom. The second-order valence-corrected chi connectivity index (χ2v) is 4.32. The van der Waals surface area contributed by atoms with E-state index in [0.29, 0.717) is 24.3 Å². The van der Waals surface area contributed by atoms with E-state index in [1.54, 1.807) is 12.3 Å². The molecule has 0 aliphatic rings. The molecule has 0 atom stereocenters. The molecule has 6 heteroatoms. The highest BCUT2D eigenvalue weighted by atomic mass is 16.6. The lowest BCUT2D eigenvalue weighted by molar-refractivity contribution is -0.383. The predicted molar refractivity (Wildman–Crippen MR) is 75.3 cm³/mol. The summed E-state index contributed by atoms with van der Waals surface area (Å²) in [4.78, 5) is 15.0. The summed E-state index contributed by atoms with van der Waals surface area (Å²) in [5, 5.41) is 15.7. The van der Waals surface area contributed by atoms with Gasteiger partial charge in [-0.1, -0.05) is 12.1 Å². The molecule has 1 aromatic heterocycles. The normalized spacial score (nSPS) is 10.6. The van der Waals surface area contributed by atoms with Crippen LogP contribution >= 0.6 is 0 Å². The third kappa shape index (κ3) is 2.63. The molecule has 0 spiro atoms. The number of fused-ring (bicyclic) bond motifs is 1. The standard InChI is InChI=1S/C13H16N4O2/c1-9-8-16-13(15-7-3-6-14)10-4-2-5-11(12(9)10)17(18)19/h2,4-5,8H,3,6-7,14H2,1H3,(H,15,16). The number of pyridine rings is 1. The van der Waals surface area contributed by atoms with Gasteiger partial charge in [-0.15, -0.1) is 0 Å². The second-order valence-electron chi connectivity index (χ2n) is 4.32. The lowest BCUT2D eigenvalue weighted by atomic mass is 10.1. The zero-order chi connectivity index (χ0) is 13.8. The van der Waals surface area contributed by atoms with Crippen molar-refractivity contribution in [3.05, 3.63) is 40.1 Å². The maximum atomic E-state index is 11.1. The van der Waals surface area contributed by atoms with Gasteiger partial charge in [0.25, 0.3) is 5.69 Å². The van der Waals surface area contributed by atoms with Gasteiger partial charge in [0.1, 0.15) is 5.82 Å². The Morgan fingerprint density at radius 2 is 2.26 bits per heavy atom. The molecule has 19 heavy (non-hydrogen) atoms. The molecule has 0 saturated carbocycles. The van der Waals surface area contributed by atoms with Crippen LogP contribution in [-0.2, 0) is 0 Å². The number of aromatic nitrogens is 1. The Kier molecular flexibility index (Phi) is 3.91. The third-order valence-corrected chi connectivity index (χ3v) is 2.95. The molecule has 0 bridgehead atoms. The van der Waals surface area contributed by atoms with Crippen LogP contribution in [0, 0.1) is 17.0 Å². The average Bonchev–Trinajstić information content (AvgIpc) is 2.41. The molecule has 0 radical (unpaired) electrons. The molecular formula is C13H16N4O2. The lowest BCUT2D eigenvalue weighted by Crippen LogP contribution is -2.09. The van der Waals surface area contributed by atoms with Crippen molar-refractivity contribution in [2.45, 2.75) is 13.3 Å². The predicted octanol–water partition coefficient (Wildman–Crippen LogP) is 2.21. The van der Waals surface area contributed by atoms with Gasteiger partial charge in [-0.25, -0.2) is 4.98 Å². The number of hydrogen-bond acceptors (Lipinski definition) is 5. The molecule has 0 amide bonds. The largest absolute Gasteiger partial charge is 0.370 e. The second kappa shape index (κ2) is 5.62. The monoisotopic (exact) mass is 260 g/mol. The smallest absolute Gasteiger partial charge is 0.277 e. The van der Waals surface area contributed by atoms with E-state index in [1.165, 1.54) is 6.07 Å². The third-order valence-electron chi connectivity index (χ3n) is 2.95. The SMILES string of the molecule is Cc1cnc(NCCCN)c2cccc([N+](=O)[O-])c12. The van der Waals surface area contributed by atoms with Crippen LogP contribution in [0.1, 0.15) is 12.0 Å². The Balaban J connectivity index is 2.53. The molecule has 2 aromatic rings. The maximum Gasteiger partial charge on any atom is 0.277 e. The number of nitrogens with one attached hydrogen (secondary N) is 1. The van der Waals surface area contributed by atoms with E-state index in [0.717, 1.165) is 17.4 Å². The molecular weight excluding hydrogens is 244 g/mol. The van der Waals surface area contributed by atoms with Crippen molar-refractivity contribution in [1.29, 1.82) is 0 Å². The van der Waals surface area contributed by atoms with E-state index < -0.39 is 0 Å². The van der Waals surface area contributed by atoms with Gasteiger partial charge in [0.05, 0.1) is 10.3 Å². The molecule has 0 aliphatic heterocycles. The van der Waals surface area contributed by atoms with Gasteiger partial charge in [0, 0.05) is 24.2 Å². The van der Waals surface area contributed by atoms with Crippen LogP contribution in [0.15, 0.2) is 24.4 Å². The zero-order valence-electron chi connectivity index (χ0n) is 10.7. The van der Waals surface area contributed by atoms with E-state index in [4.69, 9.17) is 5.73 Å². The summed E-state index contributed by atoms with van der Waals surface area (Å²) in [6.45, 7) is 3.12. The van der Waals surface area contributed by atoms with Gasteiger partial charge in [-0.2, -0.15) is 0 Å². The quantitative estimate of drug-likeness (QED) is 0.488. The molecule has 0 saturated heterocycles. The molecule has 100 valence electrons. The number of nitrogens with two attached hydrogens (primary N) is 1. The number of benzene rings is 1. The number of nitro benzene ring substituents is 1. The molecule has 3 N–H and O–H groups in total. The van der Waals surface area contributed by atoms with Crippen LogP contribution in [-0.4, -0.2) is 23.0 Å². The number of hydrogen-bond donors (Lipinski definition) is 2. The molecule has 2 rings (SSSR count). The van der Waals surface area contributed by atoms with Crippen molar-refractivity contribution in [2.75, 3.05) is 18.4 Å². The molecule has 1 aromatic carbocycles. The van der Waals surface area contributed by atoms with Crippen molar-refractivity contribution < 1.29 is 4.92 Å². The summed E-state index contributed by atoms with van der Waals surface area (Å²) in [5.74, 6) is 0.665. The summed E-state index contributed by atoms with van der Waals surface area (Å²) in [5.41, 5.74) is 6.35. The zero-order valence-corrected chi connectivity index (χ0v) is 10.7. The fourth-order valence-corrected chi connectivity index (χ4v) is 2.05. The Morgan fingerprint density at radius 1 is 1.47 bits per heavy atom. The summed E-state index contributed by atoms with van der Waals surface area (Å²) in [7, 11) is 0. The first-order chi connectivity index (χ1) is 9.15. The van der Waals surface area contributed by atoms with E-state index in [-0.39, 0.29) is 10.6 Å². The molecule has 0 fully saturated rings. The molecule has 1 heterocycles. The minimum atomic E-state index is -0.362. The lowest BCUT2D eigenvalue weighted by Gasteiger charge is -2.10. The Hall–Kier alpha value is -2.21. The van der Waals surface area contributed by atoms with Gasteiger partial charge in [0.15, 0.2) is 0 Å². The number of nitrogens with zero attached hydrogens (tertiary/aromatic N) is 2. The van der Waals surface area contributed by atoms with Crippen LogP contribution in [0.5, 0.6) is 0 Å². The fourth-order valence-electron chi connectivity index (χ4n) is 2.05. The van der Waals surface area contributed by atoms with Crippen LogP contribution in [0.3, 0.4) is 0 Å². The van der Waals surface area contributed by atoms with Crippen molar-refractivity contribution in [2.24, 2.45) is 5.73 Å². The minimum Gasteiger partial charge on any atom is -0.370 e. The van der Waals surface area contributed by atoms with Gasteiger partial charge >= 0.3 is 0 Å². The number of nitro groups is 1. The minimum absolute atomic E-state index is 0.110. The highest BCUT2D eigenvalue weighted by Gasteiger charge is 2.16. The van der Waals surface area contributed by atoms with Crippen molar-refractivity contribution in [3.8, 4) is 0 Å². The maximum absolute atomic E-state index is 11.1. The number of non-ortho nitro benzene ring substituents is 1. The summed E-state index contributed by atoms with van der Waals surface area (Å²) in [6, 6.07) is 5.03. The van der Waals surface area contributed by atoms with E-state index in [1.807, 2.05) is 13.0 Å². The van der Waals surface area contributed by atoms with Crippen molar-refractivity contribution in [3.63, 3.8) is 0 Å². The molecule has 0 unspecified atom stereocenters. The van der Waals surface area contributed by atoms with E-state index in [9.17, 15) is 10.1 Å². The summed E-state index contributed by atoms with van der Waals surface area (Å²) < 4.78 is 0. The summed E-state index contributed by atoms with van der Waals surface area (Å²) >= 11 is 0. The van der Waals surface area contributed by atoms with Gasteiger partial charge < -0.3 is 11.1 Å². The van der Waals surface area contributed by atoms with Crippen LogP contribution in [0.25, 0.3) is 10.8 Å². The van der Waals surface area contributed by atoms with Gasteiger partial charge in [0.2, 0.25) is 0 Å². The van der Waals surface area contributed by atoms with Crippen LogP contribution in [0.4, 0.5) is 11.5 Å². The summed E-state index contributed by atoms with van der Waals surface area (Å²) in [6.07, 6.45) is 2.48. The van der Waals surface area contributed by atoms with E-state index >= 15 is 0 Å². The first-order valence-electron chi connectivity index (χ1n) is 6.12. The van der Waals surface area contributed by atoms with Gasteiger partial charge in [-0.05, 0) is 25.5 Å². The number of anilines is 1. The van der Waals surface area contributed by atoms with Crippen LogP contribution in [0.2, 0.25) is 0 Å². The van der Waals surface area contributed by atoms with Crippen molar-refractivity contribution in [1.82, 2.24) is 4.98 Å². The van der Waals surface area contributed by atoms with Crippen LogP contribution < -0.4 is 11.1 Å². The fraction of sp³-hybridized carbons (Fsp3) is 0.308. The Labute approximate surface area is 110 Å². The first-order valence-corrected chi connectivity index (χ1v) is 6.12. The molecule has 0 aliphatic carbocycles. The number of rotatable bonds is 5. The highest BCUT2D eigenvalue weighted by molar-refractivity contribution is 5.99. The topological polar surface area (TPSA) is 94.1 Å². The first kappa shape index (κ1) is 13.2. The van der Waals surface area contributed by atoms with E-state index in [2.05, 4.69) is 10.3 Å². The highest BCUT2D eigenvalue weighted by Crippen LogP contribution is 2.31. The van der Waals surface area contributed by atoms with Gasteiger partial charge in [-0.3, -0.25) is 10.1 Å².